The number of ether oxygens (including phenoxy) is 1. The summed E-state index contributed by atoms with van der Waals surface area (Å²) >= 11 is 0. The van der Waals surface area contributed by atoms with Gasteiger partial charge in [-0.25, -0.2) is 0 Å². The molecule has 2 N–H and O–H groups in total. The minimum absolute atomic E-state index is 0.531. The maximum atomic E-state index is 5.91. The van der Waals surface area contributed by atoms with Gasteiger partial charge in [0.2, 0.25) is 0 Å². The number of nitrogens with zero attached hydrogens (tertiary/aromatic N) is 1. The van der Waals surface area contributed by atoms with Gasteiger partial charge in [-0.05, 0) is 49.4 Å². The first kappa shape index (κ1) is 10.9. The Hall–Kier alpha value is -1.22. The Balaban J connectivity index is 1.97. The first-order valence-corrected chi connectivity index (χ1v) is 6.49. The van der Waals surface area contributed by atoms with Crippen LogP contribution >= 0.6 is 0 Å². The first-order valence-electron chi connectivity index (χ1n) is 6.49. The summed E-state index contributed by atoms with van der Waals surface area (Å²) < 4.78 is 5.30. The summed E-state index contributed by atoms with van der Waals surface area (Å²) in [6.07, 6.45) is 5.00. The Kier molecular flexibility index (Phi) is 2.71. The monoisotopic (exact) mass is 232 g/mol. The van der Waals surface area contributed by atoms with Crippen LogP contribution in [0.4, 0.5) is 5.69 Å². The van der Waals surface area contributed by atoms with Gasteiger partial charge in [0.05, 0.1) is 7.11 Å². The Morgan fingerprint density at radius 3 is 3.06 bits per heavy atom. The van der Waals surface area contributed by atoms with E-state index < -0.39 is 0 Å². The third kappa shape index (κ3) is 1.69. The van der Waals surface area contributed by atoms with Gasteiger partial charge in [-0.15, -0.1) is 0 Å². The summed E-state index contributed by atoms with van der Waals surface area (Å²) in [5.74, 6) is 0.966. The Labute approximate surface area is 103 Å². The van der Waals surface area contributed by atoms with Gasteiger partial charge in [0, 0.05) is 24.3 Å². The molecule has 3 rings (SSSR count). The summed E-state index contributed by atoms with van der Waals surface area (Å²) in [4.78, 5) is 2.55. The van der Waals surface area contributed by atoms with Crippen LogP contribution in [-0.4, -0.2) is 25.7 Å². The molecule has 2 unspecified atom stereocenters. The maximum absolute atomic E-state index is 5.91. The molecule has 0 aromatic heterocycles. The molecule has 1 aromatic carbocycles. The second kappa shape index (κ2) is 4.22. The summed E-state index contributed by atoms with van der Waals surface area (Å²) in [6, 6.07) is 7.63. The van der Waals surface area contributed by atoms with E-state index in [1.54, 1.807) is 7.11 Å². The maximum Gasteiger partial charge on any atom is 0.119 e. The molecule has 1 aromatic rings. The highest BCUT2D eigenvalue weighted by Crippen LogP contribution is 2.40. The molecule has 0 saturated carbocycles. The molecule has 0 spiro atoms. The van der Waals surface area contributed by atoms with Crippen LogP contribution in [-0.2, 0) is 6.42 Å². The number of anilines is 1. The van der Waals surface area contributed by atoms with Crippen LogP contribution < -0.4 is 15.4 Å². The molecule has 2 aliphatic rings. The van der Waals surface area contributed by atoms with Crippen molar-refractivity contribution in [2.45, 2.75) is 37.8 Å². The molecule has 0 radical (unpaired) electrons. The molecule has 17 heavy (non-hydrogen) atoms. The van der Waals surface area contributed by atoms with Crippen molar-refractivity contribution in [1.29, 1.82) is 0 Å². The zero-order valence-corrected chi connectivity index (χ0v) is 10.4. The number of piperidine rings is 1. The van der Waals surface area contributed by atoms with Crippen LogP contribution in [0.3, 0.4) is 0 Å². The summed E-state index contributed by atoms with van der Waals surface area (Å²) in [6.45, 7) is 0.766. The summed E-state index contributed by atoms with van der Waals surface area (Å²) in [5.41, 5.74) is 8.71. The predicted octanol–water partition coefficient (Wildman–Crippen LogP) is 1.94. The number of fused-ring (bicyclic) bond motifs is 3. The normalized spacial score (nSPS) is 26.6. The minimum atomic E-state index is 0.531. The fraction of sp³-hybridized carbons (Fsp3) is 0.571. The van der Waals surface area contributed by atoms with Gasteiger partial charge in [-0.2, -0.15) is 0 Å². The van der Waals surface area contributed by atoms with E-state index >= 15 is 0 Å². The molecule has 0 aliphatic carbocycles. The first-order chi connectivity index (χ1) is 8.33. The molecule has 0 bridgehead atoms. The van der Waals surface area contributed by atoms with E-state index in [2.05, 4.69) is 23.1 Å². The van der Waals surface area contributed by atoms with Crippen molar-refractivity contribution >= 4 is 5.69 Å². The van der Waals surface area contributed by atoms with E-state index in [9.17, 15) is 0 Å². The average molecular weight is 232 g/mol. The van der Waals surface area contributed by atoms with Crippen molar-refractivity contribution in [2.24, 2.45) is 5.73 Å². The van der Waals surface area contributed by atoms with Gasteiger partial charge in [0.25, 0.3) is 0 Å². The number of nitrogens with two attached hydrogens (primary N) is 1. The van der Waals surface area contributed by atoms with Crippen molar-refractivity contribution in [3.63, 3.8) is 0 Å². The van der Waals surface area contributed by atoms with Crippen LogP contribution in [0.5, 0.6) is 5.75 Å². The van der Waals surface area contributed by atoms with Gasteiger partial charge >= 0.3 is 0 Å². The van der Waals surface area contributed by atoms with Crippen molar-refractivity contribution in [1.82, 2.24) is 0 Å². The highest BCUT2D eigenvalue weighted by atomic mass is 16.5. The number of hydrogen-bond acceptors (Lipinski definition) is 3. The molecule has 1 fully saturated rings. The van der Waals surface area contributed by atoms with Crippen LogP contribution in [0.1, 0.15) is 24.8 Å². The second-order valence-electron chi connectivity index (χ2n) is 5.08. The van der Waals surface area contributed by atoms with E-state index in [0.29, 0.717) is 12.1 Å². The predicted molar refractivity (Wildman–Crippen MR) is 69.7 cm³/mol. The quantitative estimate of drug-likeness (QED) is 0.847. The summed E-state index contributed by atoms with van der Waals surface area (Å²) in [5, 5.41) is 0. The Morgan fingerprint density at radius 2 is 2.29 bits per heavy atom. The SMILES string of the molecule is COc1ccc2c(c1)CC1CCCC(CN)N21. The molecule has 1 saturated heterocycles. The average Bonchev–Trinajstić information content (AvgIpc) is 2.75. The molecule has 2 aliphatic heterocycles. The molecule has 92 valence electrons. The third-order valence-electron chi connectivity index (χ3n) is 4.15. The fourth-order valence-electron chi connectivity index (χ4n) is 3.35. The molecule has 2 heterocycles. The molecular weight excluding hydrogens is 212 g/mol. The lowest BCUT2D eigenvalue weighted by Crippen LogP contribution is -2.48. The number of hydrogen-bond donors (Lipinski definition) is 1. The largest absolute Gasteiger partial charge is 0.497 e. The molecular formula is C14H20N2O. The van der Waals surface area contributed by atoms with Crippen molar-refractivity contribution in [3.8, 4) is 5.75 Å². The van der Waals surface area contributed by atoms with Crippen molar-refractivity contribution in [3.05, 3.63) is 23.8 Å². The number of rotatable bonds is 2. The van der Waals surface area contributed by atoms with Crippen LogP contribution in [0.15, 0.2) is 18.2 Å². The molecule has 3 nitrogen and oxygen atoms in total. The molecule has 2 atom stereocenters. The minimum Gasteiger partial charge on any atom is -0.497 e. The van der Waals surface area contributed by atoms with E-state index in [1.807, 2.05) is 0 Å². The molecule has 3 heteroatoms. The second-order valence-corrected chi connectivity index (χ2v) is 5.08. The zero-order valence-electron chi connectivity index (χ0n) is 10.4. The van der Waals surface area contributed by atoms with Crippen LogP contribution in [0, 0.1) is 0 Å². The highest BCUT2D eigenvalue weighted by molar-refractivity contribution is 5.62. The molecule has 0 amide bonds. The van der Waals surface area contributed by atoms with E-state index in [1.165, 1.54) is 30.5 Å². The highest BCUT2D eigenvalue weighted by Gasteiger charge is 2.36. The van der Waals surface area contributed by atoms with Crippen molar-refractivity contribution < 1.29 is 4.74 Å². The van der Waals surface area contributed by atoms with E-state index in [4.69, 9.17) is 10.5 Å². The number of methoxy groups -OCH3 is 1. The topological polar surface area (TPSA) is 38.5 Å². The van der Waals surface area contributed by atoms with Gasteiger partial charge in [0.1, 0.15) is 5.75 Å². The van der Waals surface area contributed by atoms with E-state index in [-0.39, 0.29) is 0 Å². The lowest BCUT2D eigenvalue weighted by Gasteiger charge is -2.39. The van der Waals surface area contributed by atoms with Gasteiger partial charge in [-0.3, -0.25) is 0 Å². The Bertz CT molecular complexity index is 419. The smallest absolute Gasteiger partial charge is 0.119 e. The van der Waals surface area contributed by atoms with Gasteiger partial charge in [-0.1, -0.05) is 0 Å². The summed E-state index contributed by atoms with van der Waals surface area (Å²) in [7, 11) is 1.73. The third-order valence-corrected chi connectivity index (χ3v) is 4.15. The van der Waals surface area contributed by atoms with Gasteiger partial charge < -0.3 is 15.4 Å². The lowest BCUT2D eigenvalue weighted by molar-refractivity contribution is 0.399. The Morgan fingerprint density at radius 1 is 1.41 bits per heavy atom. The lowest BCUT2D eigenvalue weighted by atomic mass is 9.96. The standard InChI is InChI=1S/C14H20N2O/c1-17-13-5-6-14-10(8-13)7-11-3-2-4-12(9-15)16(11)14/h5-6,8,11-12H,2-4,7,9,15H2,1H3. The van der Waals surface area contributed by atoms with Crippen LogP contribution in [0.2, 0.25) is 0 Å². The number of benzene rings is 1. The van der Waals surface area contributed by atoms with Crippen molar-refractivity contribution in [2.75, 3.05) is 18.6 Å². The van der Waals surface area contributed by atoms with Crippen LogP contribution in [0.25, 0.3) is 0 Å². The zero-order chi connectivity index (χ0) is 11.8. The van der Waals surface area contributed by atoms with Gasteiger partial charge in [0.15, 0.2) is 0 Å². The fourth-order valence-corrected chi connectivity index (χ4v) is 3.35. The van der Waals surface area contributed by atoms with E-state index in [0.717, 1.165) is 18.7 Å².